The van der Waals surface area contributed by atoms with E-state index in [2.05, 4.69) is 15.3 Å². The van der Waals surface area contributed by atoms with Gasteiger partial charge in [0, 0.05) is 12.4 Å². The monoisotopic (exact) mass is 337 g/mol. The average molecular weight is 337 g/mol. The van der Waals surface area contributed by atoms with Crippen LogP contribution in [0.4, 0.5) is 5.69 Å². The lowest BCUT2D eigenvalue weighted by molar-refractivity contribution is -0.119. The molecule has 7 heteroatoms. The average Bonchev–Trinajstić information content (AvgIpc) is 2.66. The Kier molecular flexibility index (Phi) is 4.84. The minimum atomic E-state index is -0.609. The lowest BCUT2D eigenvalue weighted by Gasteiger charge is -2.10. The van der Waals surface area contributed by atoms with E-state index in [4.69, 9.17) is 9.47 Å². The van der Waals surface area contributed by atoms with E-state index >= 15 is 0 Å². The second kappa shape index (κ2) is 7.39. The molecule has 7 nitrogen and oxygen atoms in total. The zero-order valence-corrected chi connectivity index (χ0v) is 13.4. The first-order chi connectivity index (χ1) is 12.2. The number of hydrogen-bond acceptors (Lipinski definition) is 6. The molecule has 2 aromatic carbocycles. The molecule has 0 spiro atoms. The highest BCUT2D eigenvalue weighted by Gasteiger charge is 2.12. The highest BCUT2D eigenvalue weighted by molar-refractivity contribution is 5.97. The molecule has 0 radical (unpaired) electrons. The Morgan fingerprint density at radius 3 is 2.60 bits per heavy atom. The van der Waals surface area contributed by atoms with E-state index in [1.54, 1.807) is 48.7 Å². The van der Waals surface area contributed by atoms with Crippen molar-refractivity contribution >= 4 is 28.6 Å². The summed E-state index contributed by atoms with van der Waals surface area (Å²) in [7, 11) is 1.51. The smallest absolute Gasteiger partial charge is 0.338 e. The number of aromatic nitrogens is 2. The van der Waals surface area contributed by atoms with Crippen LogP contribution in [0, 0.1) is 0 Å². The van der Waals surface area contributed by atoms with Crippen LogP contribution in [0.1, 0.15) is 10.4 Å². The molecular weight excluding hydrogens is 322 g/mol. The number of methoxy groups -OCH3 is 1. The minimum absolute atomic E-state index is 0.304. The van der Waals surface area contributed by atoms with Gasteiger partial charge in [-0.25, -0.2) is 4.79 Å². The van der Waals surface area contributed by atoms with E-state index in [9.17, 15) is 9.59 Å². The van der Waals surface area contributed by atoms with E-state index in [1.165, 1.54) is 13.3 Å². The quantitative estimate of drug-likeness (QED) is 0.719. The molecule has 126 valence electrons. The Balaban J connectivity index is 1.62. The number of hydrogen-bond donors (Lipinski definition) is 1. The van der Waals surface area contributed by atoms with Crippen molar-refractivity contribution < 1.29 is 19.1 Å². The first-order valence-electron chi connectivity index (χ1n) is 7.48. The van der Waals surface area contributed by atoms with Crippen molar-refractivity contribution in [3.05, 3.63) is 60.4 Å². The number of amides is 1. The molecule has 3 rings (SSSR count). The molecule has 0 unspecified atom stereocenters. The predicted molar refractivity (Wildman–Crippen MR) is 91.4 cm³/mol. The maximum atomic E-state index is 12.1. The summed E-state index contributed by atoms with van der Waals surface area (Å²) in [5, 5.41) is 2.63. The van der Waals surface area contributed by atoms with Crippen LogP contribution >= 0.6 is 0 Å². The maximum Gasteiger partial charge on any atom is 0.338 e. The van der Waals surface area contributed by atoms with Crippen LogP contribution in [0.15, 0.2) is 54.9 Å². The molecule has 1 amide bonds. The Labute approximate surface area is 143 Å². The van der Waals surface area contributed by atoms with Crippen molar-refractivity contribution in [2.75, 3.05) is 19.0 Å². The zero-order valence-electron chi connectivity index (χ0n) is 13.4. The fourth-order valence-corrected chi connectivity index (χ4v) is 2.24. The largest absolute Gasteiger partial charge is 0.495 e. The number of benzene rings is 2. The lowest BCUT2D eigenvalue weighted by Crippen LogP contribution is -2.21. The summed E-state index contributed by atoms with van der Waals surface area (Å²) in [6, 6.07) is 11.8. The Morgan fingerprint density at radius 2 is 1.80 bits per heavy atom. The van der Waals surface area contributed by atoms with Gasteiger partial charge in [0.05, 0.1) is 29.4 Å². The predicted octanol–water partition coefficient (Wildman–Crippen LogP) is 2.43. The van der Waals surface area contributed by atoms with Crippen LogP contribution < -0.4 is 10.1 Å². The third-order valence-electron chi connectivity index (χ3n) is 3.42. The molecule has 0 aliphatic heterocycles. The topological polar surface area (TPSA) is 90.4 Å². The van der Waals surface area contributed by atoms with Crippen molar-refractivity contribution in [1.82, 2.24) is 9.97 Å². The van der Waals surface area contributed by atoms with E-state index in [-0.39, 0.29) is 0 Å². The number of carbonyl (C=O) groups excluding carboxylic acids is 2. The summed E-state index contributed by atoms with van der Waals surface area (Å²) in [6.07, 6.45) is 3.11. The Morgan fingerprint density at radius 1 is 1.04 bits per heavy atom. The Bertz CT molecular complexity index is 927. The van der Waals surface area contributed by atoms with Gasteiger partial charge in [-0.05, 0) is 30.3 Å². The van der Waals surface area contributed by atoms with Gasteiger partial charge in [-0.15, -0.1) is 0 Å². The normalized spacial score (nSPS) is 10.3. The van der Waals surface area contributed by atoms with Gasteiger partial charge in [0.15, 0.2) is 6.61 Å². The standard InChI is InChI=1S/C18H15N3O4/c1-24-16-5-3-2-4-14(16)21-17(22)11-25-18(23)12-6-7-13-15(10-12)20-9-8-19-13/h2-10H,11H2,1H3,(H,21,22). The number of ether oxygens (including phenoxy) is 2. The molecule has 0 bridgehead atoms. The number of para-hydroxylation sites is 2. The van der Waals surface area contributed by atoms with Crippen LogP contribution in [0.5, 0.6) is 5.75 Å². The Hall–Kier alpha value is -3.48. The minimum Gasteiger partial charge on any atom is -0.495 e. The number of esters is 1. The lowest BCUT2D eigenvalue weighted by atomic mass is 10.2. The van der Waals surface area contributed by atoms with Crippen LogP contribution in [0.3, 0.4) is 0 Å². The van der Waals surface area contributed by atoms with Gasteiger partial charge in [-0.3, -0.25) is 14.8 Å². The van der Waals surface area contributed by atoms with E-state index in [1.807, 2.05) is 0 Å². The molecule has 0 aliphatic rings. The van der Waals surface area contributed by atoms with Crippen LogP contribution in [0.25, 0.3) is 11.0 Å². The second-order valence-corrected chi connectivity index (χ2v) is 5.08. The molecule has 3 aromatic rings. The third kappa shape index (κ3) is 3.89. The molecular formula is C18H15N3O4. The van der Waals surface area contributed by atoms with Gasteiger partial charge in [-0.1, -0.05) is 12.1 Å². The van der Waals surface area contributed by atoms with Crippen molar-refractivity contribution in [3.63, 3.8) is 0 Å². The highest BCUT2D eigenvalue weighted by Crippen LogP contribution is 2.22. The van der Waals surface area contributed by atoms with E-state index in [0.29, 0.717) is 28.0 Å². The molecule has 1 aromatic heterocycles. The molecule has 0 saturated heterocycles. The van der Waals surface area contributed by atoms with Crippen molar-refractivity contribution in [2.24, 2.45) is 0 Å². The number of nitrogens with zero attached hydrogens (tertiary/aromatic N) is 2. The number of fused-ring (bicyclic) bond motifs is 1. The zero-order chi connectivity index (χ0) is 17.6. The second-order valence-electron chi connectivity index (χ2n) is 5.08. The molecule has 0 atom stereocenters. The van der Waals surface area contributed by atoms with Crippen molar-refractivity contribution in [2.45, 2.75) is 0 Å². The summed E-state index contributed by atoms with van der Waals surface area (Å²) in [6.45, 7) is -0.407. The van der Waals surface area contributed by atoms with Crippen LogP contribution in [-0.4, -0.2) is 35.6 Å². The van der Waals surface area contributed by atoms with Crippen molar-refractivity contribution in [3.8, 4) is 5.75 Å². The number of nitrogens with one attached hydrogen (secondary N) is 1. The fraction of sp³-hybridized carbons (Fsp3) is 0.111. The van der Waals surface area contributed by atoms with Crippen molar-refractivity contribution in [1.29, 1.82) is 0 Å². The summed E-state index contributed by atoms with van der Waals surface area (Å²) in [5.74, 6) is -0.545. The SMILES string of the molecule is COc1ccccc1NC(=O)COC(=O)c1ccc2nccnc2c1. The maximum absolute atomic E-state index is 12.1. The molecule has 1 N–H and O–H groups in total. The number of anilines is 1. The van der Waals surface area contributed by atoms with Gasteiger partial charge in [0.1, 0.15) is 5.75 Å². The molecule has 25 heavy (non-hydrogen) atoms. The van der Waals surface area contributed by atoms with Gasteiger partial charge in [0.25, 0.3) is 5.91 Å². The first-order valence-corrected chi connectivity index (χ1v) is 7.48. The molecule has 0 saturated carbocycles. The summed E-state index contributed by atoms with van der Waals surface area (Å²) < 4.78 is 10.2. The van der Waals surface area contributed by atoms with Crippen LogP contribution in [-0.2, 0) is 9.53 Å². The van der Waals surface area contributed by atoms with E-state index < -0.39 is 18.5 Å². The van der Waals surface area contributed by atoms with E-state index in [0.717, 1.165) is 0 Å². The summed E-state index contributed by atoms with van der Waals surface area (Å²) >= 11 is 0. The highest BCUT2D eigenvalue weighted by atomic mass is 16.5. The first kappa shape index (κ1) is 16.4. The fourth-order valence-electron chi connectivity index (χ4n) is 2.24. The number of rotatable bonds is 5. The van der Waals surface area contributed by atoms with Crippen LogP contribution in [0.2, 0.25) is 0 Å². The molecule has 1 heterocycles. The van der Waals surface area contributed by atoms with Gasteiger partial charge in [-0.2, -0.15) is 0 Å². The van der Waals surface area contributed by atoms with Gasteiger partial charge in [0.2, 0.25) is 0 Å². The summed E-state index contributed by atoms with van der Waals surface area (Å²) in [5.41, 5.74) is 2.06. The van der Waals surface area contributed by atoms with Gasteiger partial charge >= 0.3 is 5.97 Å². The summed E-state index contributed by atoms with van der Waals surface area (Å²) in [4.78, 5) is 32.3. The molecule has 0 fully saturated rings. The number of carbonyl (C=O) groups is 2. The molecule has 0 aliphatic carbocycles. The third-order valence-corrected chi connectivity index (χ3v) is 3.42. The van der Waals surface area contributed by atoms with Gasteiger partial charge < -0.3 is 14.8 Å².